The van der Waals surface area contributed by atoms with Gasteiger partial charge in [0.1, 0.15) is 5.75 Å². The minimum absolute atomic E-state index is 0.168. The number of nitrogens with one attached hydrogen (secondary N) is 1. The van der Waals surface area contributed by atoms with Crippen LogP contribution in [0, 0.1) is 0 Å². The van der Waals surface area contributed by atoms with Gasteiger partial charge in [0.25, 0.3) is 5.91 Å². The van der Waals surface area contributed by atoms with E-state index in [9.17, 15) is 4.79 Å². The second-order valence-corrected chi connectivity index (χ2v) is 7.53. The van der Waals surface area contributed by atoms with Crippen LogP contribution in [0.5, 0.6) is 5.75 Å². The molecule has 0 saturated carbocycles. The molecule has 2 aromatic carbocycles. The van der Waals surface area contributed by atoms with Crippen LogP contribution in [-0.4, -0.2) is 12.0 Å². The molecule has 1 aliphatic rings. The van der Waals surface area contributed by atoms with E-state index in [2.05, 4.69) is 33.4 Å². The Morgan fingerprint density at radius 1 is 1.20 bits per heavy atom. The van der Waals surface area contributed by atoms with Crippen molar-refractivity contribution in [2.75, 3.05) is 5.32 Å². The van der Waals surface area contributed by atoms with Crippen molar-refractivity contribution in [3.05, 3.63) is 57.0 Å². The Balaban J connectivity index is 1.69. The van der Waals surface area contributed by atoms with Crippen LogP contribution in [0.4, 0.5) is 5.69 Å². The quantitative estimate of drug-likeness (QED) is 0.663. The summed E-state index contributed by atoms with van der Waals surface area (Å²) < 4.78 is 6.76. The summed E-state index contributed by atoms with van der Waals surface area (Å²) in [7, 11) is 0. The molecule has 132 valence electrons. The second kappa shape index (κ2) is 8.24. The van der Waals surface area contributed by atoms with Gasteiger partial charge in [-0.15, -0.1) is 0 Å². The maximum absolute atomic E-state index is 12.5. The molecule has 2 aromatic rings. The fourth-order valence-corrected chi connectivity index (χ4v) is 3.49. The maximum Gasteiger partial charge on any atom is 0.265 e. The van der Waals surface area contributed by atoms with E-state index in [4.69, 9.17) is 16.3 Å². The molecule has 1 atom stereocenters. The molecule has 3 rings (SSSR count). The van der Waals surface area contributed by atoms with E-state index in [1.54, 1.807) is 12.1 Å². The minimum Gasteiger partial charge on any atom is -0.481 e. The SMILES string of the molecule is CC[C@@H](Oc1ccc2c(c1)CCCC2)C(=O)Nc1ccc(Br)c(Cl)c1. The number of aryl methyl sites for hydroxylation is 2. The normalized spacial score (nSPS) is 14.5. The molecule has 0 spiro atoms. The lowest BCUT2D eigenvalue weighted by Crippen LogP contribution is -2.32. The van der Waals surface area contributed by atoms with Crippen molar-refractivity contribution in [1.29, 1.82) is 0 Å². The van der Waals surface area contributed by atoms with Crippen molar-refractivity contribution in [3.8, 4) is 5.75 Å². The molecule has 0 radical (unpaired) electrons. The average Bonchev–Trinajstić information content (AvgIpc) is 2.62. The highest BCUT2D eigenvalue weighted by molar-refractivity contribution is 9.10. The molecule has 0 aliphatic heterocycles. The molecule has 3 nitrogen and oxygen atoms in total. The first-order chi connectivity index (χ1) is 12.1. The lowest BCUT2D eigenvalue weighted by atomic mass is 9.92. The standard InChI is InChI=1S/C20H21BrClNO2/c1-2-19(20(24)23-15-8-10-17(21)18(22)12-15)25-16-9-7-13-5-3-4-6-14(13)11-16/h7-12,19H,2-6H2,1H3,(H,23,24)/t19-/m1/s1. The smallest absolute Gasteiger partial charge is 0.265 e. The summed E-state index contributed by atoms with van der Waals surface area (Å²) in [6.07, 6.45) is 4.75. The molecule has 1 aliphatic carbocycles. The summed E-state index contributed by atoms with van der Waals surface area (Å²) in [5.74, 6) is 0.593. The van der Waals surface area contributed by atoms with Crippen LogP contribution >= 0.6 is 27.5 Å². The van der Waals surface area contributed by atoms with Crippen molar-refractivity contribution in [1.82, 2.24) is 0 Å². The van der Waals surface area contributed by atoms with Gasteiger partial charge in [-0.25, -0.2) is 0 Å². The zero-order chi connectivity index (χ0) is 17.8. The topological polar surface area (TPSA) is 38.3 Å². The first kappa shape index (κ1) is 18.3. The number of amides is 1. The predicted molar refractivity (Wildman–Crippen MR) is 106 cm³/mol. The van der Waals surface area contributed by atoms with Crippen LogP contribution in [0.2, 0.25) is 5.02 Å². The predicted octanol–water partition coefficient (Wildman–Crippen LogP) is 5.78. The molecule has 0 unspecified atom stereocenters. The fraction of sp³-hybridized carbons (Fsp3) is 0.350. The van der Waals surface area contributed by atoms with Crippen LogP contribution < -0.4 is 10.1 Å². The number of benzene rings is 2. The molecular formula is C20H21BrClNO2. The van der Waals surface area contributed by atoms with Crippen molar-refractivity contribution < 1.29 is 9.53 Å². The summed E-state index contributed by atoms with van der Waals surface area (Å²) >= 11 is 9.42. The lowest BCUT2D eigenvalue weighted by Gasteiger charge is -2.20. The van der Waals surface area contributed by atoms with E-state index in [1.807, 2.05) is 19.1 Å². The number of carbonyl (C=O) groups excluding carboxylic acids is 1. The number of halogens is 2. The summed E-state index contributed by atoms with van der Waals surface area (Å²) in [6, 6.07) is 11.5. The zero-order valence-electron chi connectivity index (χ0n) is 14.1. The summed E-state index contributed by atoms with van der Waals surface area (Å²) in [6.45, 7) is 1.94. The minimum atomic E-state index is -0.538. The van der Waals surface area contributed by atoms with Crippen molar-refractivity contribution in [2.45, 2.75) is 45.1 Å². The van der Waals surface area contributed by atoms with Gasteiger partial charge >= 0.3 is 0 Å². The van der Waals surface area contributed by atoms with Gasteiger partial charge < -0.3 is 10.1 Å². The molecule has 0 aromatic heterocycles. The summed E-state index contributed by atoms with van der Waals surface area (Å²) in [4.78, 5) is 12.5. The third kappa shape index (κ3) is 4.56. The number of fused-ring (bicyclic) bond motifs is 1. The Bertz CT molecular complexity index is 778. The average molecular weight is 423 g/mol. The Morgan fingerprint density at radius 3 is 2.68 bits per heavy atom. The first-order valence-electron chi connectivity index (χ1n) is 8.61. The Hall–Kier alpha value is -1.52. The van der Waals surface area contributed by atoms with Crippen LogP contribution in [0.25, 0.3) is 0 Å². The number of hydrogen-bond acceptors (Lipinski definition) is 2. The van der Waals surface area contributed by atoms with Crippen molar-refractivity contribution in [3.63, 3.8) is 0 Å². The lowest BCUT2D eigenvalue weighted by molar-refractivity contribution is -0.122. The highest BCUT2D eigenvalue weighted by atomic mass is 79.9. The van der Waals surface area contributed by atoms with Gasteiger partial charge in [-0.3, -0.25) is 4.79 Å². The second-order valence-electron chi connectivity index (χ2n) is 6.27. The third-order valence-corrected chi connectivity index (χ3v) is 5.68. The first-order valence-corrected chi connectivity index (χ1v) is 9.78. The monoisotopic (exact) mass is 421 g/mol. The molecule has 25 heavy (non-hydrogen) atoms. The summed E-state index contributed by atoms with van der Waals surface area (Å²) in [5, 5.41) is 3.43. The van der Waals surface area contributed by atoms with E-state index in [1.165, 1.54) is 24.0 Å². The van der Waals surface area contributed by atoms with Crippen molar-refractivity contribution >= 4 is 39.1 Å². The number of carbonyl (C=O) groups is 1. The zero-order valence-corrected chi connectivity index (χ0v) is 16.5. The van der Waals surface area contributed by atoms with E-state index >= 15 is 0 Å². The van der Waals surface area contributed by atoms with Gasteiger partial charge in [0.05, 0.1) is 5.02 Å². The molecule has 5 heteroatoms. The Labute approximate surface area is 161 Å². The van der Waals surface area contributed by atoms with E-state index in [-0.39, 0.29) is 5.91 Å². The van der Waals surface area contributed by atoms with Gasteiger partial charge in [-0.05, 0) is 89.5 Å². The number of anilines is 1. The van der Waals surface area contributed by atoms with Crippen LogP contribution in [0.1, 0.15) is 37.3 Å². The third-order valence-electron chi connectivity index (χ3n) is 4.45. The molecule has 0 saturated heterocycles. The van der Waals surface area contributed by atoms with Crippen molar-refractivity contribution in [2.24, 2.45) is 0 Å². The number of hydrogen-bond donors (Lipinski definition) is 1. The maximum atomic E-state index is 12.5. The Morgan fingerprint density at radius 2 is 1.96 bits per heavy atom. The largest absolute Gasteiger partial charge is 0.481 e. The van der Waals surface area contributed by atoms with Gasteiger partial charge in [0.15, 0.2) is 6.10 Å². The van der Waals surface area contributed by atoms with Crippen LogP contribution in [0.3, 0.4) is 0 Å². The molecule has 1 amide bonds. The number of rotatable bonds is 5. The van der Waals surface area contributed by atoms with E-state index in [0.717, 1.165) is 23.1 Å². The van der Waals surface area contributed by atoms with E-state index in [0.29, 0.717) is 17.1 Å². The highest BCUT2D eigenvalue weighted by Gasteiger charge is 2.20. The molecule has 1 N–H and O–H groups in total. The van der Waals surface area contributed by atoms with E-state index < -0.39 is 6.10 Å². The molecular weight excluding hydrogens is 402 g/mol. The molecule has 0 heterocycles. The number of ether oxygens (including phenoxy) is 1. The van der Waals surface area contributed by atoms with Crippen LogP contribution in [0.15, 0.2) is 40.9 Å². The van der Waals surface area contributed by atoms with Gasteiger partial charge in [0.2, 0.25) is 0 Å². The van der Waals surface area contributed by atoms with Gasteiger partial charge in [-0.1, -0.05) is 24.6 Å². The van der Waals surface area contributed by atoms with Gasteiger partial charge in [0, 0.05) is 10.2 Å². The Kier molecular flexibility index (Phi) is 6.02. The van der Waals surface area contributed by atoms with Crippen LogP contribution in [-0.2, 0) is 17.6 Å². The fourth-order valence-electron chi connectivity index (χ4n) is 3.07. The van der Waals surface area contributed by atoms with Gasteiger partial charge in [-0.2, -0.15) is 0 Å². The molecule has 0 bridgehead atoms. The summed E-state index contributed by atoms with van der Waals surface area (Å²) in [5.41, 5.74) is 3.41. The molecule has 0 fully saturated rings. The highest BCUT2D eigenvalue weighted by Crippen LogP contribution is 2.27.